The molecular formula is C14H19FN2O3. The molecule has 0 heterocycles. The average molecular weight is 282 g/mol. The van der Waals surface area contributed by atoms with E-state index in [1.165, 1.54) is 13.0 Å². The van der Waals surface area contributed by atoms with Gasteiger partial charge in [-0.3, -0.25) is 9.69 Å². The lowest BCUT2D eigenvalue weighted by molar-refractivity contribution is -0.142. The van der Waals surface area contributed by atoms with Gasteiger partial charge in [-0.2, -0.15) is 0 Å². The molecule has 1 aromatic rings. The molecule has 5 nitrogen and oxygen atoms in total. The van der Waals surface area contributed by atoms with Crippen molar-refractivity contribution in [1.82, 2.24) is 10.2 Å². The van der Waals surface area contributed by atoms with E-state index >= 15 is 0 Å². The van der Waals surface area contributed by atoms with Crippen molar-refractivity contribution >= 4 is 11.9 Å². The lowest BCUT2D eigenvalue weighted by Gasteiger charge is -2.28. The molecule has 0 aliphatic heterocycles. The van der Waals surface area contributed by atoms with Crippen LogP contribution in [0.15, 0.2) is 24.3 Å². The molecule has 0 fully saturated rings. The third kappa shape index (κ3) is 4.31. The molecule has 0 saturated carbocycles. The first-order valence-electron chi connectivity index (χ1n) is 6.27. The normalized spacial score (nSPS) is 13.8. The zero-order chi connectivity index (χ0) is 15.3. The quantitative estimate of drug-likeness (QED) is 0.827. The summed E-state index contributed by atoms with van der Waals surface area (Å²) >= 11 is 0. The molecular weight excluding hydrogens is 263 g/mol. The summed E-state index contributed by atoms with van der Waals surface area (Å²) in [5.74, 6) is -1.87. The second-order valence-corrected chi connectivity index (χ2v) is 4.73. The van der Waals surface area contributed by atoms with Gasteiger partial charge in [-0.15, -0.1) is 0 Å². The maximum Gasteiger partial charge on any atom is 0.327 e. The Morgan fingerprint density at radius 3 is 2.50 bits per heavy atom. The summed E-state index contributed by atoms with van der Waals surface area (Å²) in [6.07, 6.45) is 0. The number of amides is 1. The number of hydrogen-bond donors (Lipinski definition) is 2. The Kier molecular flexibility index (Phi) is 5.64. The highest BCUT2D eigenvalue weighted by Gasteiger charge is 2.24. The number of halogens is 1. The number of carboxylic acids is 1. The number of nitrogens with zero attached hydrogens (tertiary/aromatic N) is 1. The minimum atomic E-state index is -1.12. The van der Waals surface area contributed by atoms with Crippen LogP contribution in [-0.4, -0.2) is 41.5 Å². The van der Waals surface area contributed by atoms with E-state index in [1.54, 1.807) is 37.1 Å². The van der Waals surface area contributed by atoms with Crippen molar-refractivity contribution in [2.45, 2.75) is 25.9 Å². The average Bonchev–Trinajstić information content (AvgIpc) is 2.37. The van der Waals surface area contributed by atoms with E-state index < -0.39 is 17.9 Å². The van der Waals surface area contributed by atoms with E-state index in [9.17, 15) is 14.0 Å². The van der Waals surface area contributed by atoms with Crippen LogP contribution in [0.25, 0.3) is 0 Å². The van der Waals surface area contributed by atoms with Gasteiger partial charge in [0, 0.05) is 25.1 Å². The van der Waals surface area contributed by atoms with Crippen molar-refractivity contribution in [3.8, 4) is 0 Å². The van der Waals surface area contributed by atoms with Gasteiger partial charge in [-0.05, 0) is 20.0 Å². The molecule has 2 N–H and O–H groups in total. The molecule has 2 atom stereocenters. The summed E-state index contributed by atoms with van der Waals surface area (Å²) in [4.78, 5) is 23.7. The number of rotatable bonds is 6. The standard InChI is InChI=1S/C14H19FN2O3/c1-9(11-6-4-5-7-12(11)15)17(3)8-13(14(19)20)16-10(2)18/h4-7,9,13H,8H2,1-3H3,(H,16,18)(H,19,20). The van der Waals surface area contributed by atoms with Gasteiger partial charge in [0.25, 0.3) is 0 Å². The Hall–Kier alpha value is -1.95. The van der Waals surface area contributed by atoms with Crippen LogP contribution in [0.4, 0.5) is 4.39 Å². The zero-order valence-corrected chi connectivity index (χ0v) is 11.8. The minimum absolute atomic E-state index is 0.0877. The molecule has 2 unspecified atom stereocenters. The van der Waals surface area contributed by atoms with Crippen molar-refractivity contribution in [3.63, 3.8) is 0 Å². The van der Waals surface area contributed by atoms with Gasteiger partial charge < -0.3 is 10.4 Å². The molecule has 110 valence electrons. The van der Waals surface area contributed by atoms with Crippen LogP contribution in [0.2, 0.25) is 0 Å². The third-order valence-corrected chi connectivity index (χ3v) is 3.16. The van der Waals surface area contributed by atoms with Crippen molar-refractivity contribution in [3.05, 3.63) is 35.6 Å². The van der Waals surface area contributed by atoms with Crippen LogP contribution in [0.3, 0.4) is 0 Å². The van der Waals surface area contributed by atoms with Gasteiger partial charge in [-0.1, -0.05) is 18.2 Å². The first-order valence-corrected chi connectivity index (χ1v) is 6.27. The summed E-state index contributed by atoms with van der Waals surface area (Å²) in [7, 11) is 1.69. The smallest absolute Gasteiger partial charge is 0.327 e. The van der Waals surface area contributed by atoms with Gasteiger partial charge in [-0.25, -0.2) is 9.18 Å². The summed E-state index contributed by atoms with van der Waals surface area (Å²) in [6.45, 7) is 3.13. The molecule has 0 aromatic heterocycles. The van der Waals surface area contributed by atoms with E-state index in [4.69, 9.17) is 5.11 Å². The molecule has 0 radical (unpaired) electrons. The number of likely N-dealkylation sites (N-methyl/N-ethyl adjacent to an activating group) is 1. The van der Waals surface area contributed by atoms with E-state index in [0.29, 0.717) is 5.56 Å². The largest absolute Gasteiger partial charge is 0.480 e. The van der Waals surface area contributed by atoms with E-state index in [0.717, 1.165) is 0 Å². The topological polar surface area (TPSA) is 69.6 Å². The number of nitrogens with one attached hydrogen (secondary N) is 1. The second kappa shape index (κ2) is 7.00. The summed E-state index contributed by atoms with van der Waals surface area (Å²) in [5, 5.41) is 11.4. The van der Waals surface area contributed by atoms with Crippen LogP contribution in [0.5, 0.6) is 0 Å². The van der Waals surface area contributed by atoms with Crippen LogP contribution in [0, 0.1) is 5.82 Å². The van der Waals surface area contributed by atoms with Gasteiger partial charge in [0.05, 0.1) is 0 Å². The predicted octanol–water partition coefficient (Wildman–Crippen LogP) is 1.41. The number of hydrogen-bond acceptors (Lipinski definition) is 3. The lowest BCUT2D eigenvalue weighted by Crippen LogP contribution is -2.47. The highest BCUT2D eigenvalue weighted by atomic mass is 19.1. The van der Waals surface area contributed by atoms with Crippen LogP contribution >= 0.6 is 0 Å². The Morgan fingerprint density at radius 1 is 1.40 bits per heavy atom. The molecule has 1 rings (SSSR count). The monoisotopic (exact) mass is 282 g/mol. The first kappa shape index (κ1) is 16.1. The predicted molar refractivity (Wildman–Crippen MR) is 72.7 cm³/mol. The maximum absolute atomic E-state index is 13.7. The number of aliphatic carboxylic acids is 1. The molecule has 0 bridgehead atoms. The zero-order valence-electron chi connectivity index (χ0n) is 11.8. The fraction of sp³-hybridized carbons (Fsp3) is 0.429. The van der Waals surface area contributed by atoms with Crippen LogP contribution < -0.4 is 5.32 Å². The molecule has 20 heavy (non-hydrogen) atoms. The molecule has 6 heteroatoms. The summed E-state index contributed by atoms with van der Waals surface area (Å²) in [6, 6.07) is 5.03. The van der Waals surface area contributed by atoms with Crippen LogP contribution in [0.1, 0.15) is 25.5 Å². The Labute approximate surface area is 117 Å². The Bertz CT molecular complexity index is 493. The molecule has 1 aromatic carbocycles. The molecule has 0 aliphatic rings. The first-order chi connectivity index (χ1) is 9.32. The summed E-state index contributed by atoms with van der Waals surface area (Å²) in [5.41, 5.74) is 0.488. The van der Waals surface area contributed by atoms with Crippen molar-refractivity contribution in [2.24, 2.45) is 0 Å². The Balaban J connectivity index is 2.78. The van der Waals surface area contributed by atoms with E-state index in [1.807, 2.05) is 0 Å². The lowest BCUT2D eigenvalue weighted by atomic mass is 10.1. The SMILES string of the molecule is CC(=O)NC(CN(C)C(C)c1ccccc1F)C(=O)O. The van der Waals surface area contributed by atoms with Gasteiger partial charge in [0.1, 0.15) is 11.9 Å². The van der Waals surface area contributed by atoms with E-state index in [2.05, 4.69) is 5.32 Å². The number of carboxylic acid groups (broad SMARTS) is 1. The van der Waals surface area contributed by atoms with Crippen LogP contribution in [-0.2, 0) is 9.59 Å². The molecule has 0 saturated heterocycles. The fourth-order valence-corrected chi connectivity index (χ4v) is 1.93. The van der Waals surface area contributed by atoms with Crippen molar-refractivity contribution in [2.75, 3.05) is 13.6 Å². The Morgan fingerprint density at radius 2 is 2.00 bits per heavy atom. The third-order valence-electron chi connectivity index (χ3n) is 3.16. The number of carbonyl (C=O) groups is 2. The molecule has 0 spiro atoms. The van der Waals surface area contributed by atoms with E-state index in [-0.39, 0.29) is 18.4 Å². The van der Waals surface area contributed by atoms with Gasteiger partial charge in [0.2, 0.25) is 5.91 Å². The maximum atomic E-state index is 13.7. The molecule has 1 amide bonds. The number of benzene rings is 1. The highest BCUT2D eigenvalue weighted by Crippen LogP contribution is 2.21. The number of carbonyl (C=O) groups excluding carboxylic acids is 1. The van der Waals surface area contributed by atoms with Crippen molar-refractivity contribution < 1.29 is 19.1 Å². The second-order valence-electron chi connectivity index (χ2n) is 4.73. The van der Waals surface area contributed by atoms with Gasteiger partial charge >= 0.3 is 5.97 Å². The van der Waals surface area contributed by atoms with Crippen molar-refractivity contribution in [1.29, 1.82) is 0 Å². The fourth-order valence-electron chi connectivity index (χ4n) is 1.93. The minimum Gasteiger partial charge on any atom is -0.480 e. The van der Waals surface area contributed by atoms with Gasteiger partial charge in [0.15, 0.2) is 0 Å². The molecule has 0 aliphatic carbocycles. The summed E-state index contributed by atoms with van der Waals surface area (Å²) < 4.78 is 13.7. The highest BCUT2D eigenvalue weighted by molar-refractivity contribution is 5.82.